The van der Waals surface area contributed by atoms with E-state index in [1.54, 1.807) is 12.1 Å². The van der Waals surface area contributed by atoms with Crippen LogP contribution in [-0.4, -0.2) is 27.3 Å². The van der Waals surface area contributed by atoms with Crippen molar-refractivity contribution >= 4 is 12.0 Å². The van der Waals surface area contributed by atoms with Crippen LogP contribution in [0.5, 0.6) is 17.2 Å². The van der Waals surface area contributed by atoms with Gasteiger partial charge in [0, 0.05) is 0 Å². The van der Waals surface area contributed by atoms with Crippen molar-refractivity contribution < 1.29 is 53.7 Å². The zero-order chi connectivity index (χ0) is 12.8. The van der Waals surface area contributed by atoms with Gasteiger partial charge in [-0.15, -0.1) is 0 Å². The van der Waals surface area contributed by atoms with Crippen LogP contribution in [0.3, 0.4) is 0 Å². The Kier molecular flexibility index (Phi) is 7.50. The molecule has 5 nitrogen and oxygen atoms in total. The minimum Gasteiger partial charge on any atom is -0.545 e. The first kappa shape index (κ1) is 16.8. The smallest absolute Gasteiger partial charge is 0.545 e. The molecule has 0 spiro atoms. The van der Waals surface area contributed by atoms with Crippen molar-refractivity contribution in [3.05, 3.63) is 23.8 Å². The Bertz CT molecular complexity index is 417. The molecule has 0 saturated heterocycles. The van der Waals surface area contributed by atoms with Gasteiger partial charge in [0.2, 0.25) is 5.75 Å². The van der Waals surface area contributed by atoms with Gasteiger partial charge in [0.05, 0.1) is 27.3 Å². The fourth-order valence-corrected chi connectivity index (χ4v) is 1.36. The van der Waals surface area contributed by atoms with Crippen molar-refractivity contribution in [2.75, 3.05) is 21.3 Å². The molecule has 6 heteroatoms. The summed E-state index contributed by atoms with van der Waals surface area (Å²) in [6.07, 6.45) is 2.32. The standard InChI is InChI=1S/C12H14O5.Na/c1-15-9-6-8(4-5-11(13)14)7-10(16-2)12(9)17-3;/h4-7H,1-3H3,(H,13,14);/q;+1/p-1/b5-4+;. The molecule has 0 heterocycles. The molecule has 1 aromatic rings. The van der Waals surface area contributed by atoms with Crippen LogP contribution < -0.4 is 48.9 Å². The van der Waals surface area contributed by atoms with Gasteiger partial charge in [-0.05, 0) is 23.8 Å². The topological polar surface area (TPSA) is 67.8 Å². The Labute approximate surface area is 128 Å². The van der Waals surface area contributed by atoms with Crippen molar-refractivity contribution in [3.8, 4) is 17.2 Å². The monoisotopic (exact) mass is 260 g/mol. The van der Waals surface area contributed by atoms with Crippen molar-refractivity contribution in [3.63, 3.8) is 0 Å². The van der Waals surface area contributed by atoms with Crippen LogP contribution in [0.15, 0.2) is 18.2 Å². The van der Waals surface area contributed by atoms with E-state index in [0.29, 0.717) is 22.8 Å². The molecule has 1 aromatic carbocycles. The maximum absolute atomic E-state index is 10.3. The molecule has 0 fully saturated rings. The van der Waals surface area contributed by atoms with E-state index in [2.05, 4.69) is 0 Å². The second-order valence-electron chi connectivity index (χ2n) is 3.11. The van der Waals surface area contributed by atoms with Gasteiger partial charge < -0.3 is 24.1 Å². The SMILES string of the molecule is COc1cc(/C=C/C(=O)[O-])cc(OC)c1OC.[Na+]. The zero-order valence-corrected chi connectivity index (χ0v) is 12.9. The Morgan fingerprint density at radius 1 is 1.11 bits per heavy atom. The van der Waals surface area contributed by atoms with Crippen LogP contribution in [0.4, 0.5) is 0 Å². The molecule has 92 valence electrons. The van der Waals surface area contributed by atoms with Crippen molar-refractivity contribution in [1.29, 1.82) is 0 Å². The second kappa shape index (κ2) is 8.02. The first-order chi connectivity index (χ1) is 8.12. The normalized spacial score (nSPS) is 9.72. The Balaban J connectivity index is 0.00000289. The van der Waals surface area contributed by atoms with Crippen LogP contribution in [-0.2, 0) is 4.79 Å². The second-order valence-corrected chi connectivity index (χ2v) is 3.11. The van der Waals surface area contributed by atoms with Crippen molar-refractivity contribution in [2.45, 2.75) is 0 Å². The van der Waals surface area contributed by atoms with E-state index in [-0.39, 0.29) is 29.6 Å². The number of benzene rings is 1. The van der Waals surface area contributed by atoms with E-state index in [1.165, 1.54) is 27.4 Å². The molecule has 0 radical (unpaired) electrons. The summed E-state index contributed by atoms with van der Waals surface area (Å²) in [6, 6.07) is 3.28. The molecule has 0 saturated carbocycles. The predicted molar refractivity (Wildman–Crippen MR) is 60.1 cm³/mol. The number of carboxylic acid groups (broad SMARTS) is 1. The van der Waals surface area contributed by atoms with E-state index in [1.807, 2.05) is 0 Å². The quantitative estimate of drug-likeness (QED) is 0.432. The van der Waals surface area contributed by atoms with E-state index in [0.717, 1.165) is 6.08 Å². The molecule has 1 rings (SSSR count). The number of rotatable bonds is 5. The average Bonchev–Trinajstić information content (AvgIpc) is 2.34. The minimum atomic E-state index is -1.27. The fourth-order valence-electron chi connectivity index (χ4n) is 1.36. The van der Waals surface area contributed by atoms with Gasteiger partial charge in [-0.1, -0.05) is 6.08 Å². The third kappa shape index (κ3) is 4.25. The van der Waals surface area contributed by atoms with Gasteiger partial charge in [-0.25, -0.2) is 0 Å². The summed E-state index contributed by atoms with van der Waals surface area (Å²) in [6.45, 7) is 0. The van der Waals surface area contributed by atoms with Gasteiger partial charge >= 0.3 is 29.6 Å². The summed E-state index contributed by atoms with van der Waals surface area (Å²) in [5, 5.41) is 10.3. The molecule has 18 heavy (non-hydrogen) atoms. The molecule has 0 aromatic heterocycles. The first-order valence-corrected chi connectivity index (χ1v) is 4.81. The maximum Gasteiger partial charge on any atom is 1.00 e. The summed E-state index contributed by atoms with van der Waals surface area (Å²) in [7, 11) is 4.48. The number of methoxy groups -OCH3 is 3. The molecular formula is C12H13NaO5. The largest absolute Gasteiger partial charge is 1.00 e. The van der Waals surface area contributed by atoms with Crippen LogP contribution in [0.2, 0.25) is 0 Å². The van der Waals surface area contributed by atoms with E-state index >= 15 is 0 Å². The molecule has 0 aliphatic carbocycles. The van der Waals surface area contributed by atoms with Gasteiger partial charge in [-0.2, -0.15) is 0 Å². The Morgan fingerprint density at radius 3 is 1.94 bits per heavy atom. The number of hydrogen-bond acceptors (Lipinski definition) is 5. The molecule has 0 bridgehead atoms. The predicted octanol–water partition coefficient (Wildman–Crippen LogP) is -2.52. The Morgan fingerprint density at radius 2 is 1.61 bits per heavy atom. The Hall–Kier alpha value is -1.17. The fraction of sp³-hybridized carbons (Fsp3) is 0.250. The zero-order valence-electron chi connectivity index (χ0n) is 10.9. The number of carbonyl (C=O) groups excluding carboxylic acids is 1. The van der Waals surface area contributed by atoms with Crippen LogP contribution in [0.25, 0.3) is 6.08 Å². The number of hydrogen-bond donors (Lipinski definition) is 0. The molecule has 0 aliphatic heterocycles. The molecule has 0 amide bonds. The summed E-state index contributed by atoms with van der Waals surface area (Å²) >= 11 is 0. The summed E-state index contributed by atoms with van der Waals surface area (Å²) in [5.41, 5.74) is 0.615. The summed E-state index contributed by atoms with van der Waals surface area (Å²) < 4.78 is 15.4. The molecule has 0 atom stereocenters. The third-order valence-electron chi connectivity index (χ3n) is 2.10. The minimum absolute atomic E-state index is 0. The maximum atomic E-state index is 10.3. The first-order valence-electron chi connectivity index (χ1n) is 4.81. The van der Waals surface area contributed by atoms with Gasteiger partial charge in [0.15, 0.2) is 11.5 Å². The number of carboxylic acids is 1. The van der Waals surface area contributed by atoms with Gasteiger partial charge in [0.25, 0.3) is 0 Å². The average molecular weight is 260 g/mol. The van der Waals surface area contributed by atoms with E-state index < -0.39 is 5.97 Å². The number of carbonyl (C=O) groups is 1. The molecule has 0 unspecified atom stereocenters. The molecule has 0 aliphatic rings. The number of ether oxygens (including phenoxy) is 3. The van der Waals surface area contributed by atoms with Crippen molar-refractivity contribution in [2.24, 2.45) is 0 Å². The van der Waals surface area contributed by atoms with Gasteiger partial charge in [0.1, 0.15) is 0 Å². The number of aliphatic carboxylic acids is 1. The van der Waals surface area contributed by atoms with Crippen molar-refractivity contribution in [1.82, 2.24) is 0 Å². The summed E-state index contributed by atoms with van der Waals surface area (Å²) in [4.78, 5) is 10.3. The van der Waals surface area contributed by atoms with E-state index in [4.69, 9.17) is 14.2 Å². The van der Waals surface area contributed by atoms with E-state index in [9.17, 15) is 9.90 Å². The third-order valence-corrected chi connectivity index (χ3v) is 2.10. The molecular weight excluding hydrogens is 247 g/mol. The van der Waals surface area contributed by atoms with Crippen LogP contribution in [0.1, 0.15) is 5.56 Å². The van der Waals surface area contributed by atoms with Crippen LogP contribution >= 0.6 is 0 Å². The van der Waals surface area contributed by atoms with Gasteiger partial charge in [-0.3, -0.25) is 0 Å². The van der Waals surface area contributed by atoms with Crippen LogP contribution in [0, 0.1) is 0 Å². The summed E-state index contributed by atoms with van der Waals surface area (Å²) in [5.74, 6) is 0.119. The molecule has 0 N–H and O–H groups in total.